The number of hydrogen-bond donors (Lipinski definition) is 1. The first kappa shape index (κ1) is 26.5. The van der Waals surface area contributed by atoms with Gasteiger partial charge in [-0.25, -0.2) is 4.39 Å². The quantitative estimate of drug-likeness (QED) is 0.321. The second-order valence-electron chi connectivity index (χ2n) is 7.77. The van der Waals surface area contributed by atoms with Gasteiger partial charge in [-0.05, 0) is 71.4 Å². The molecule has 0 bridgehead atoms. The standard InChI is InChI=1S/C26H19Cl2FN2O5S/c1-35-22-10-16(4-9-21(22)36-14-15-2-5-17(27)6-3-15)11-23-25(33)31(26(34)37-23)13-24(32)30-18-7-8-20(29)19(28)12-18/h2-12H,13-14H2,1H3,(H,30,32)/b23-11+. The molecule has 0 saturated carbocycles. The van der Waals surface area contributed by atoms with Crippen LogP contribution in [0.4, 0.5) is 14.9 Å². The molecule has 3 aromatic rings. The molecule has 1 heterocycles. The van der Waals surface area contributed by atoms with Gasteiger partial charge in [0.2, 0.25) is 5.91 Å². The molecule has 1 fully saturated rings. The van der Waals surface area contributed by atoms with Crippen molar-refractivity contribution in [1.29, 1.82) is 0 Å². The Morgan fingerprint density at radius 1 is 1.05 bits per heavy atom. The number of carbonyl (C=O) groups excluding carboxylic acids is 3. The Labute approximate surface area is 226 Å². The Kier molecular flexibility index (Phi) is 8.38. The van der Waals surface area contributed by atoms with Crippen molar-refractivity contribution >= 4 is 63.8 Å². The van der Waals surface area contributed by atoms with E-state index >= 15 is 0 Å². The first-order valence-electron chi connectivity index (χ1n) is 10.8. The number of rotatable bonds is 8. The fraction of sp³-hybridized carbons (Fsp3) is 0.115. The van der Waals surface area contributed by atoms with Crippen molar-refractivity contribution in [3.63, 3.8) is 0 Å². The Hall–Kier alpha value is -3.53. The molecule has 7 nitrogen and oxygen atoms in total. The van der Waals surface area contributed by atoms with Crippen LogP contribution < -0.4 is 14.8 Å². The van der Waals surface area contributed by atoms with Gasteiger partial charge in [0.1, 0.15) is 19.0 Å². The summed E-state index contributed by atoms with van der Waals surface area (Å²) in [4.78, 5) is 38.6. The molecule has 37 heavy (non-hydrogen) atoms. The summed E-state index contributed by atoms with van der Waals surface area (Å²) in [6, 6.07) is 16.0. The van der Waals surface area contributed by atoms with E-state index in [0.717, 1.165) is 28.3 Å². The predicted molar refractivity (Wildman–Crippen MR) is 141 cm³/mol. The van der Waals surface area contributed by atoms with Crippen molar-refractivity contribution in [2.24, 2.45) is 0 Å². The van der Waals surface area contributed by atoms with Gasteiger partial charge in [0.25, 0.3) is 11.1 Å². The lowest BCUT2D eigenvalue weighted by Crippen LogP contribution is -2.36. The summed E-state index contributed by atoms with van der Waals surface area (Å²) in [7, 11) is 1.50. The van der Waals surface area contributed by atoms with Crippen LogP contribution in [0.25, 0.3) is 6.08 Å². The average molecular weight is 561 g/mol. The zero-order valence-electron chi connectivity index (χ0n) is 19.3. The summed E-state index contributed by atoms with van der Waals surface area (Å²) in [5.41, 5.74) is 1.77. The van der Waals surface area contributed by atoms with Crippen LogP contribution >= 0.6 is 35.0 Å². The number of thioether (sulfide) groups is 1. The Morgan fingerprint density at radius 3 is 2.51 bits per heavy atom. The fourth-order valence-corrected chi connectivity index (χ4v) is 4.49. The van der Waals surface area contributed by atoms with Gasteiger partial charge in [0.05, 0.1) is 17.0 Å². The van der Waals surface area contributed by atoms with E-state index in [1.165, 1.54) is 25.3 Å². The molecule has 0 unspecified atom stereocenters. The van der Waals surface area contributed by atoms with Crippen LogP contribution in [0.2, 0.25) is 10.0 Å². The van der Waals surface area contributed by atoms with Gasteiger partial charge < -0.3 is 14.8 Å². The Morgan fingerprint density at radius 2 is 1.81 bits per heavy atom. The molecule has 1 saturated heterocycles. The van der Waals surface area contributed by atoms with Gasteiger partial charge >= 0.3 is 0 Å². The van der Waals surface area contributed by atoms with Gasteiger partial charge in [-0.2, -0.15) is 0 Å². The van der Waals surface area contributed by atoms with Crippen molar-refractivity contribution in [1.82, 2.24) is 4.90 Å². The summed E-state index contributed by atoms with van der Waals surface area (Å²) >= 11 is 12.3. The molecular formula is C26H19Cl2FN2O5S. The highest BCUT2D eigenvalue weighted by Gasteiger charge is 2.36. The third-order valence-corrected chi connectivity index (χ3v) is 6.62. The molecule has 190 valence electrons. The van der Waals surface area contributed by atoms with Gasteiger partial charge in [-0.3, -0.25) is 19.3 Å². The highest BCUT2D eigenvalue weighted by molar-refractivity contribution is 8.18. The highest BCUT2D eigenvalue weighted by atomic mass is 35.5. The number of nitrogens with one attached hydrogen (secondary N) is 1. The third kappa shape index (κ3) is 6.62. The Bertz CT molecular complexity index is 1400. The maximum absolute atomic E-state index is 13.3. The molecule has 1 aliphatic heterocycles. The van der Waals surface area contributed by atoms with Crippen LogP contribution in [-0.2, 0) is 16.2 Å². The smallest absolute Gasteiger partial charge is 0.294 e. The first-order valence-corrected chi connectivity index (χ1v) is 12.4. The third-order valence-electron chi connectivity index (χ3n) is 5.17. The molecule has 3 aromatic carbocycles. The number of halogens is 3. The summed E-state index contributed by atoms with van der Waals surface area (Å²) < 4.78 is 24.6. The number of carbonyl (C=O) groups is 3. The van der Waals surface area contributed by atoms with Crippen molar-refractivity contribution in [2.75, 3.05) is 19.0 Å². The lowest BCUT2D eigenvalue weighted by molar-refractivity contribution is -0.127. The predicted octanol–water partition coefficient (Wildman–Crippen LogP) is 6.40. The second kappa shape index (κ2) is 11.7. The van der Waals surface area contributed by atoms with E-state index in [1.807, 2.05) is 12.1 Å². The van der Waals surface area contributed by atoms with E-state index in [1.54, 1.807) is 30.3 Å². The van der Waals surface area contributed by atoms with Gasteiger partial charge in [0, 0.05) is 10.7 Å². The minimum Gasteiger partial charge on any atom is -0.493 e. The van der Waals surface area contributed by atoms with Gasteiger partial charge in [-0.1, -0.05) is 41.4 Å². The largest absolute Gasteiger partial charge is 0.493 e. The van der Waals surface area contributed by atoms with Crippen molar-refractivity contribution in [3.8, 4) is 11.5 Å². The SMILES string of the molecule is COc1cc(/C=C2/SC(=O)N(CC(=O)Nc3ccc(F)c(Cl)c3)C2=O)ccc1OCc1ccc(Cl)cc1. The topological polar surface area (TPSA) is 84.9 Å². The number of hydrogen-bond acceptors (Lipinski definition) is 6. The number of imide groups is 1. The van der Waals surface area contributed by atoms with Crippen molar-refractivity contribution in [2.45, 2.75) is 6.61 Å². The van der Waals surface area contributed by atoms with E-state index in [2.05, 4.69) is 5.32 Å². The normalized spacial score (nSPS) is 14.3. The van der Waals surface area contributed by atoms with E-state index in [0.29, 0.717) is 28.7 Å². The molecule has 0 atom stereocenters. The summed E-state index contributed by atoms with van der Waals surface area (Å²) in [5, 5.41) is 2.37. The number of anilines is 1. The van der Waals surface area contributed by atoms with Crippen molar-refractivity contribution in [3.05, 3.63) is 92.6 Å². The second-order valence-corrected chi connectivity index (χ2v) is 9.61. The van der Waals surface area contributed by atoms with Crippen LogP contribution in [0, 0.1) is 5.82 Å². The zero-order chi connectivity index (χ0) is 26.5. The number of benzene rings is 3. The number of methoxy groups -OCH3 is 1. The van der Waals surface area contributed by atoms with E-state index in [-0.39, 0.29) is 15.6 Å². The molecule has 3 amide bonds. The highest BCUT2D eigenvalue weighted by Crippen LogP contribution is 2.35. The van der Waals surface area contributed by atoms with Crippen molar-refractivity contribution < 1.29 is 28.2 Å². The molecule has 1 aliphatic rings. The maximum atomic E-state index is 13.3. The first-order chi connectivity index (χ1) is 17.7. The molecule has 0 spiro atoms. The van der Waals surface area contributed by atoms with Gasteiger partial charge in [-0.15, -0.1) is 0 Å². The van der Waals surface area contributed by atoms with E-state index in [4.69, 9.17) is 32.7 Å². The summed E-state index contributed by atoms with van der Waals surface area (Å²) in [5.74, 6) is -0.924. The minimum atomic E-state index is -0.631. The lowest BCUT2D eigenvalue weighted by Gasteiger charge is -2.13. The number of ether oxygens (including phenoxy) is 2. The molecular weight excluding hydrogens is 542 g/mol. The van der Waals surface area contributed by atoms with Crippen LogP contribution in [0.3, 0.4) is 0 Å². The molecule has 4 rings (SSSR count). The number of nitrogens with zero attached hydrogens (tertiary/aromatic N) is 1. The maximum Gasteiger partial charge on any atom is 0.294 e. The Balaban J connectivity index is 1.42. The molecule has 0 aromatic heterocycles. The summed E-state index contributed by atoms with van der Waals surface area (Å²) in [6.45, 7) is -0.199. The zero-order valence-corrected chi connectivity index (χ0v) is 21.6. The fourth-order valence-electron chi connectivity index (χ4n) is 3.34. The van der Waals surface area contributed by atoms with Crippen LogP contribution in [0.5, 0.6) is 11.5 Å². The number of amides is 3. The van der Waals surface area contributed by atoms with Crippen LogP contribution in [0.1, 0.15) is 11.1 Å². The monoisotopic (exact) mass is 560 g/mol. The lowest BCUT2D eigenvalue weighted by atomic mass is 10.1. The molecule has 1 N–H and O–H groups in total. The summed E-state index contributed by atoms with van der Waals surface area (Å²) in [6.07, 6.45) is 1.54. The average Bonchev–Trinajstić information content (AvgIpc) is 3.13. The van der Waals surface area contributed by atoms with E-state index in [9.17, 15) is 18.8 Å². The molecule has 0 radical (unpaired) electrons. The van der Waals surface area contributed by atoms with Crippen LogP contribution in [0.15, 0.2) is 65.6 Å². The molecule has 0 aliphatic carbocycles. The minimum absolute atomic E-state index is 0.152. The van der Waals surface area contributed by atoms with Crippen LogP contribution in [-0.4, -0.2) is 35.6 Å². The molecule has 11 heteroatoms. The van der Waals surface area contributed by atoms with Gasteiger partial charge in [0.15, 0.2) is 11.5 Å². The van der Waals surface area contributed by atoms with E-state index < -0.39 is 29.4 Å².